The van der Waals surface area contributed by atoms with E-state index in [1.165, 1.54) is 22.4 Å². The molecular weight excluding hydrogens is 518 g/mol. The molecule has 2 N–H and O–H groups in total. The summed E-state index contributed by atoms with van der Waals surface area (Å²) >= 11 is 0. The van der Waals surface area contributed by atoms with Gasteiger partial charge in [0.2, 0.25) is 5.91 Å². The summed E-state index contributed by atoms with van der Waals surface area (Å²) in [4.78, 5) is 21.2. The predicted octanol–water partition coefficient (Wildman–Crippen LogP) is 7.33. The average molecular weight is 560 g/mol. The second-order valence-corrected chi connectivity index (χ2v) is 12.0. The molecule has 1 amide bonds. The molecule has 1 aliphatic heterocycles. The molecule has 1 fully saturated rings. The maximum atomic E-state index is 13.8. The van der Waals surface area contributed by atoms with Crippen molar-refractivity contribution in [3.63, 3.8) is 0 Å². The molecule has 5 nitrogen and oxygen atoms in total. The van der Waals surface area contributed by atoms with E-state index in [9.17, 15) is 9.90 Å². The first-order valence-electron chi connectivity index (χ1n) is 15.4. The number of anilines is 1. The molecule has 3 aromatic rings. The number of nitrogens with zero attached hydrogens (tertiary/aromatic N) is 2. The third-order valence-electron chi connectivity index (χ3n) is 9.06. The topological polar surface area (TPSA) is 65.5 Å². The molecule has 42 heavy (non-hydrogen) atoms. The molecule has 1 saturated carbocycles. The lowest BCUT2D eigenvalue weighted by Gasteiger charge is -2.35. The van der Waals surface area contributed by atoms with Crippen LogP contribution >= 0.6 is 0 Å². The Morgan fingerprint density at radius 2 is 1.79 bits per heavy atom. The molecule has 2 aliphatic carbocycles. The second kappa shape index (κ2) is 12.5. The van der Waals surface area contributed by atoms with Crippen LogP contribution in [0.5, 0.6) is 0 Å². The fourth-order valence-electron chi connectivity index (χ4n) is 7.00. The summed E-state index contributed by atoms with van der Waals surface area (Å²) in [7, 11) is 0. The van der Waals surface area contributed by atoms with Gasteiger partial charge in [-0.2, -0.15) is 0 Å². The van der Waals surface area contributed by atoms with E-state index >= 15 is 0 Å². The fourth-order valence-corrected chi connectivity index (χ4v) is 7.00. The predicted molar refractivity (Wildman–Crippen MR) is 169 cm³/mol. The van der Waals surface area contributed by atoms with Gasteiger partial charge in [-0.1, -0.05) is 85.7 Å². The number of allylic oxidation sites excluding steroid dienone is 5. The van der Waals surface area contributed by atoms with Crippen LogP contribution in [0.3, 0.4) is 0 Å². The molecule has 1 aromatic heterocycles. The van der Waals surface area contributed by atoms with Crippen molar-refractivity contribution in [2.75, 3.05) is 11.5 Å². The number of benzene rings is 2. The SMILES string of the molecule is Cc1cc(C)c2c(n1)N(Cc1ccc(C(C(=O)NC(CO)c3ccccc3)C3CCCC3)cc1)C1=CC2/C=C\C/C=C\1. The normalized spacial score (nSPS) is 21.0. The Balaban J connectivity index is 1.27. The van der Waals surface area contributed by atoms with Gasteiger partial charge in [0.1, 0.15) is 5.82 Å². The molecule has 0 spiro atoms. The monoisotopic (exact) mass is 559 g/mol. The van der Waals surface area contributed by atoms with E-state index in [4.69, 9.17) is 4.98 Å². The minimum absolute atomic E-state index is 0.00145. The zero-order valence-electron chi connectivity index (χ0n) is 24.7. The summed E-state index contributed by atoms with van der Waals surface area (Å²) in [6, 6.07) is 20.1. The zero-order chi connectivity index (χ0) is 29.1. The highest BCUT2D eigenvalue weighted by atomic mass is 16.3. The number of aromatic nitrogens is 1. The maximum absolute atomic E-state index is 13.8. The molecule has 0 saturated heterocycles. The first kappa shape index (κ1) is 28.2. The van der Waals surface area contributed by atoms with Crippen LogP contribution in [0.2, 0.25) is 0 Å². The Morgan fingerprint density at radius 3 is 2.52 bits per heavy atom. The van der Waals surface area contributed by atoms with Crippen molar-refractivity contribution in [3.05, 3.63) is 130 Å². The van der Waals surface area contributed by atoms with E-state index in [1.807, 2.05) is 30.3 Å². The van der Waals surface area contributed by atoms with E-state index in [0.29, 0.717) is 12.5 Å². The van der Waals surface area contributed by atoms with Crippen molar-refractivity contribution in [3.8, 4) is 0 Å². The van der Waals surface area contributed by atoms with Gasteiger partial charge in [-0.05, 0) is 79.5 Å². The lowest BCUT2D eigenvalue weighted by Crippen LogP contribution is -2.37. The van der Waals surface area contributed by atoms with E-state index in [2.05, 4.69) is 84.8 Å². The number of hydrogen-bond acceptors (Lipinski definition) is 4. The number of hydrogen-bond donors (Lipinski definition) is 2. The number of pyridine rings is 1. The Kier molecular flexibility index (Phi) is 8.38. The first-order valence-corrected chi connectivity index (χ1v) is 15.4. The number of carbonyl (C=O) groups is 1. The van der Waals surface area contributed by atoms with Gasteiger partial charge in [-0.25, -0.2) is 4.98 Å². The fraction of sp³-hybridized carbons (Fsp3) is 0.351. The highest BCUT2D eigenvalue weighted by Gasteiger charge is 2.33. The van der Waals surface area contributed by atoms with Crippen LogP contribution in [0, 0.1) is 19.8 Å². The van der Waals surface area contributed by atoms with Crippen molar-refractivity contribution in [1.29, 1.82) is 0 Å². The summed E-state index contributed by atoms with van der Waals surface area (Å²) in [5.74, 6) is 1.35. The highest BCUT2D eigenvalue weighted by Crippen LogP contribution is 2.41. The third kappa shape index (κ3) is 5.84. The van der Waals surface area contributed by atoms with Crippen molar-refractivity contribution in [2.24, 2.45) is 5.92 Å². The molecule has 216 valence electrons. The summed E-state index contributed by atoms with van der Waals surface area (Å²) in [5.41, 5.74) is 7.91. The Bertz CT molecular complexity index is 1500. The number of amides is 1. The third-order valence-corrected chi connectivity index (χ3v) is 9.06. The van der Waals surface area contributed by atoms with Gasteiger partial charge in [0.05, 0.1) is 18.6 Å². The highest BCUT2D eigenvalue weighted by molar-refractivity contribution is 5.84. The number of carbonyl (C=O) groups excluding carboxylic acids is 1. The van der Waals surface area contributed by atoms with Gasteiger partial charge in [0.15, 0.2) is 0 Å². The van der Waals surface area contributed by atoms with Crippen LogP contribution in [-0.4, -0.2) is 22.6 Å². The number of aryl methyl sites for hydroxylation is 2. The van der Waals surface area contributed by atoms with E-state index in [0.717, 1.165) is 54.7 Å². The largest absolute Gasteiger partial charge is 0.394 e. The maximum Gasteiger partial charge on any atom is 0.228 e. The smallest absolute Gasteiger partial charge is 0.228 e. The summed E-state index contributed by atoms with van der Waals surface area (Å²) in [6.45, 7) is 4.83. The first-order chi connectivity index (χ1) is 20.5. The summed E-state index contributed by atoms with van der Waals surface area (Å²) in [5, 5.41) is 13.3. The standard InChI is InChI=1S/C37H41N3O2/c1-25-21-26(2)38-36-34(25)31-15-7-4-8-16-32(22-31)40(36)23-27-17-19-30(20-18-27)35(29-13-9-10-14-29)37(42)39-33(24-41)28-11-5-3-6-12-28/h3,5-8,11-12,15-22,29,31,33,35,41H,4,9-10,13-14,23-24H2,1-2H3,(H,39,42)/b15-7-,16-8-. The van der Waals surface area contributed by atoms with Gasteiger partial charge in [-0.3, -0.25) is 4.79 Å². The summed E-state index contributed by atoms with van der Waals surface area (Å²) < 4.78 is 0. The van der Waals surface area contributed by atoms with E-state index < -0.39 is 6.04 Å². The Labute approximate surface area is 249 Å². The van der Waals surface area contributed by atoms with Gasteiger partial charge in [-0.15, -0.1) is 0 Å². The van der Waals surface area contributed by atoms with Gasteiger partial charge in [0.25, 0.3) is 0 Å². The minimum atomic E-state index is -0.413. The number of aliphatic hydroxyl groups excluding tert-OH is 1. The molecule has 2 bridgehead atoms. The average Bonchev–Trinajstić information content (AvgIpc) is 3.51. The van der Waals surface area contributed by atoms with Gasteiger partial charge in [0, 0.05) is 29.4 Å². The molecule has 2 aromatic carbocycles. The molecule has 5 heteroatoms. The molecule has 3 unspecified atom stereocenters. The molecule has 2 heterocycles. The molecular formula is C37H41N3O2. The minimum Gasteiger partial charge on any atom is -0.394 e. The van der Waals surface area contributed by atoms with Crippen LogP contribution in [0.1, 0.15) is 83.5 Å². The zero-order valence-corrected chi connectivity index (χ0v) is 24.7. The van der Waals surface area contributed by atoms with Crippen molar-refractivity contribution in [1.82, 2.24) is 10.3 Å². The van der Waals surface area contributed by atoms with Crippen molar-refractivity contribution in [2.45, 2.75) is 70.4 Å². The Morgan fingerprint density at radius 1 is 1.02 bits per heavy atom. The number of fused-ring (bicyclic) bond motifs is 3. The quantitative estimate of drug-likeness (QED) is 0.284. The second-order valence-electron chi connectivity index (χ2n) is 12.0. The van der Waals surface area contributed by atoms with Crippen molar-refractivity contribution >= 4 is 11.7 Å². The number of aliphatic hydroxyl groups is 1. The molecule has 3 atom stereocenters. The van der Waals surface area contributed by atoms with Crippen LogP contribution in [0.25, 0.3) is 0 Å². The van der Waals surface area contributed by atoms with Gasteiger partial charge < -0.3 is 15.3 Å². The number of nitrogens with one attached hydrogen (secondary N) is 1. The van der Waals surface area contributed by atoms with Crippen LogP contribution < -0.4 is 10.2 Å². The number of rotatable bonds is 8. The molecule has 6 rings (SSSR count). The molecule has 0 radical (unpaired) electrons. The van der Waals surface area contributed by atoms with Crippen LogP contribution in [0.15, 0.2) is 96.7 Å². The Hall–Kier alpha value is -3.96. The molecule has 3 aliphatic rings. The lowest BCUT2D eigenvalue weighted by molar-refractivity contribution is -0.124. The van der Waals surface area contributed by atoms with Gasteiger partial charge >= 0.3 is 0 Å². The van der Waals surface area contributed by atoms with Crippen LogP contribution in [0.4, 0.5) is 5.82 Å². The summed E-state index contributed by atoms with van der Waals surface area (Å²) in [6.07, 6.45) is 16.7. The lowest BCUT2D eigenvalue weighted by atomic mass is 9.83. The van der Waals surface area contributed by atoms with Crippen LogP contribution in [-0.2, 0) is 11.3 Å². The van der Waals surface area contributed by atoms with Crippen molar-refractivity contribution < 1.29 is 9.90 Å². The van der Waals surface area contributed by atoms with E-state index in [1.54, 1.807) is 0 Å². The van der Waals surface area contributed by atoms with E-state index in [-0.39, 0.29) is 24.3 Å².